The Kier molecular flexibility index (Phi) is 4.72. The highest BCUT2D eigenvalue weighted by atomic mass is 35.5. The number of hydroxylamine groups is 1. The zero-order valence-corrected chi connectivity index (χ0v) is 15.3. The molecule has 2 aromatic carbocycles. The highest BCUT2D eigenvalue weighted by molar-refractivity contribution is 6.33. The molecule has 1 amide bonds. The van der Waals surface area contributed by atoms with Gasteiger partial charge in [-0.25, -0.2) is 9.87 Å². The zero-order valence-electron chi connectivity index (χ0n) is 14.5. The molecule has 4 rings (SSSR count). The smallest absolute Gasteiger partial charge is 0.277 e. The number of hydrogen-bond donors (Lipinski definition) is 2. The zero-order chi connectivity index (χ0) is 19.0. The molecule has 1 aliphatic rings. The average molecular weight is 390 g/mol. The summed E-state index contributed by atoms with van der Waals surface area (Å²) in [6.07, 6.45) is 2.19. The number of fused-ring (bicyclic) bond motifs is 1. The Hall–Kier alpha value is -2.64. The normalized spacial score (nSPS) is 13.7. The van der Waals surface area contributed by atoms with E-state index in [-0.39, 0.29) is 16.8 Å². The molecule has 8 heteroatoms. The summed E-state index contributed by atoms with van der Waals surface area (Å²) >= 11 is 6.16. The van der Waals surface area contributed by atoms with Crippen LogP contribution in [0.15, 0.2) is 34.9 Å². The largest absolute Gasteiger partial charge is 0.360 e. The second-order valence-electron chi connectivity index (χ2n) is 6.54. The third-order valence-electron chi connectivity index (χ3n) is 4.45. The van der Waals surface area contributed by atoms with Crippen molar-refractivity contribution in [2.75, 3.05) is 11.9 Å². The fourth-order valence-electron chi connectivity index (χ4n) is 2.72. The van der Waals surface area contributed by atoms with Crippen LogP contribution in [0, 0.1) is 18.7 Å². The number of anilines is 2. The van der Waals surface area contributed by atoms with Gasteiger partial charge in [0.1, 0.15) is 5.76 Å². The molecule has 6 nitrogen and oxygen atoms in total. The predicted molar refractivity (Wildman–Crippen MR) is 99.6 cm³/mol. The first-order chi connectivity index (χ1) is 13.0. The molecule has 0 radical (unpaired) electrons. The Bertz CT molecular complexity index is 1020. The van der Waals surface area contributed by atoms with Gasteiger partial charge in [-0.1, -0.05) is 28.9 Å². The fraction of sp³-hybridized carbons (Fsp3) is 0.263. The Morgan fingerprint density at radius 1 is 1.41 bits per heavy atom. The molecule has 27 heavy (non-hydrogen) atoms. The first-order valence-corrected chi connectivity index (χ1v) is 8.94. The molecule has 0 aliphatic heterocycles. The number of carbonyl (C=O) groups is 1. The van der Waals surface area contributed by atoms with Gasteiger partial charge in [0.15, 0.2) is 11.3 Å². The van der Waals surface area contributed by atoms with Crippen LogP contribution in [0.1, 0.15) is 29.0 Å². The molecule has 1 saturated carbocycles. The Labute approximate surface area is 159 Å². The Balaban J connectivity index is 1.73. The highest BCUT2D eigenvalue weighted by Crippen LogP contribution is 2.34. The molecule has 3 aromatic rings. The van der Waals surface area contributed by atoms with Gasteiger partial charge < -0.3 is 9.84 Å². The van der Waals surface area contributed by atoms with E-state index in [2.05, 4.69) is 16.0 Å². The molecule has 1 heterocycles. The van der Waals surface area contributed by atoms with E-state index < -0.39 is 11.7 Å². The minimum absolute atomic E-state index is 0.0394. The molecule has 2 N–H and O–H groups in total. The van der Waals surface area contributed by atoms with Gasteiger partial charge in [0.2, 0.25) is 0 Å². The summed E-state index contributed by atoms with van der Waals surface area (Å²) in [6, 6.07) is 8.39. The summed E-state index contributed by atoms with van der Waals surface area (Å²) in [4.78, 5) is 17.9. The van der Waals surface area contributed by atoms with E-state index in [1.54, 1.807) is 31.2 Å². The van der Waals surface area contributed by atoms with Gasteiger partial charge >= 0.3 is 0 Å². The van der Waals surface area contributed by atoms with Gasteiger partial charge in [-0.2, -0.15) is 0 Å². The van der Waals surface area contributed by atoms with Gasteiger partial charge in [-0.15, -0.1) is 0 Å². The van der Waals surface area contributed by atoms with Gasteiger partial charge in [0.05, 0.1) is 28.6 Å². The maximum absolute atomic E-state index is 15.1. The van der Waals surface area contributed by atoms with Crippen LogP contribution >= 0.6 is 11.6 Å². The molecule has 0 unspecified atom stereocenters. The number of aromatic nitrogens is 1. The van der Waals surface area contributed by atoms with E-state index in [1.165, 1.54) is 6.07 Å². The summed E-state index contributed by atoms with van der Waals surface area (Å²) in [6.45, 7) is 2.09. The van der Waals surface area contributed by atoms with E-state index >= 15 is 4.39 Å². The average Bonchev–Trinajstić information content (AvgIpc) is 3.40. The molecule has 0 saturated heterocycles. The van der Waals surface area contributed by atoms with Crippen molar-refractivity contribution in [2.24, 2.45) is 5.92 Å². The summed E-state index contributed by atoms with van der Waals surface area (Å²) in [5, 5.41) is 7.46. The number of halogens is 2. The number of amides is 1. The van der Waals surface area contributed by atoms with Gasteiger partial charge in [-0.3, -0.25) is 9.63 Å². The molecular weight excluding hydrogens is 373 g/mol. The van der Waals surface area contributed by atoms with Crippen LogP contribution in [0.5, 0.6) is 0 Å². The molecule has 140 valence electrons. The summed E-state index contributed by atoms with van der Waals surface area (Å²) in [7, 11) is 0. The van der Waals surface area contributed by atoms with Crippen molar-refractivity contribution in [3.63, 3.8) is 0 Å². The van der Waals surface area contributed by atoms with Crippen LogP contribution < -0.4 is 10.8 Å². The van der Waals surface area contributed by atoms with E-state index in [9.17, 15) is 4.79 Å². The van der Waals surface area contributed by atoms with Crippen LogP contribution in [-0.4, -0.2) is 17.7 Å². The number of nitrogens with zero attached hydrogens (tertiary/aromatic N) is 1. The van der Waals surface area contributed by atoms with Crippen LogP contribution in [0.2, 0.25) is 5.02 Å². The van der Waals surface area contributed by atoms with E-state index in [0.717, 1.165) is 12.8 Å². The second kappa shape index (κ2) is 7.17. The summed E-state index contributed by atoms with van der Waals surface area (Å²) in [5.41, 5.74) is 2.91. The number of para-hydroxylation sites is 1. The van der Waals surface area contributed by atoms with Gasteiger partial charge in [0.25, 0.3) is 5.91 Å². The van der Waals surface area contributed by atoms with Crippen LogP contribution in [-0.2, 0) is 4.84 Å². The molecule has 0 spiro atoms. The van der Waals surface area contributed by atoms with Gasteiger partial charge in [0, 0.05) is 5.39 Å². The number of hydrogen-bond acceptors (Lipinski definition) is 5. The minimum Gasteiger partial charge on any atom is -0.360 e. The van der Waals surface area contributed by atoms with Crippen molar-refractivity contribution in [1.29, 1.82) is 0 Å². The van der Waals surface area contributed by atoms with Gasteiger partial charge in [-0.05, 0) is 43.9 Å². The highest BCUT2D eigenvalue weighted by Gasteiger charge is 2.25. The van der Waals surface area contributed by atoms with Crippen molar-refractivity contribution in [3.8, 4) is 0 Å². The fourth-order valence-corrected chi connectivity index (χ4v) is 2.91. The molecular formula is C19H17ClFN3O3. The van der Waals surface area contributed by atoms with Crippen molar-refractivity contribution in [1.82, 2.24) is 10.6 Å². The minimum atomic E-state index is -0.698. The van der Waals surface area contributed by atoms with E-state index in [1.807, 2.05) is 0 Å². The lowest BCUT2D eigenvalue weighted by molar-refractivity contribution is 0.0271. The molecule has 1 aromatic heterocycles. The standard InChI is InChI=1S/C19H17ClFN3O3/c1-10-12-8-13(19(25)24-26-9-11-6-7-11)17(16(21)18(12)23-27-10)22-15-5-3-2-4-14(15)20/h2-5,8,11,22H,6-7,9H2,1H3,(H,24,25). The number of nitrogens with one attached hydrogen (secondary N) is 2. The van der Waals surface area contributed by atoms with Crippen molar-refractivity contribution in [3.05, 3.63) is 52.5 Å². The molecule has 1 fully saturated rings. The number of benzene rings is 2. The van der Waals surface area contributed by atoms with Crippen LogP contribution in [0.3, 0.4) is 0 Å². The molecule has 0 atom stereocenters. The van der Waals surface area contributed by atoms with E-state index in [0.29, 0.717) is 34.4 Å². The predicted octanol–water partition coefficient (Wildman–Crippen LogP) is 4.74. The lowest BCUT2D eigenvalue weighted by Gasteiger charge is -2.14. The van der Waals surface area contributed by atoms with Crippen molar-refractivity contribution >= 4 is 39.8 Å². The Morgan fingerprint density at radius 2 is 2.19 bits per heavy atom. The molecule has 1 aliphatic carbocycles. The monoisotopic (exact) mass is 389 g/mol. The number of carbonyl (C=O) groups excluding carboxylic acids is 1. The quantitative estimate of drug-likeness (QED) is 0.595. The topological polar surface area (TPSA) is 76.4 Å². The third-order valence-corrected chi connectivity index (χ3v) is 4.78. The SMILES string of the molecule is Cc1onc2c(F)c(Nc3ccccc3Cl)c(C(=O)NOCC3CC3)cc12. The van der Waals surface area contributed by atoms with Crippen LogP contribution in [0.4, 0.5) is 15.8 Å². The summed E-state index contributed by atoms with van der Waals surface area (Å²) < 4.78 is 20.2. The van der Waals surface area contributed by atoms with Crippen LogP contribution in [0.25, 0.3) is 10.9 Å². The first-order valence-electron chi connectivity index (χ1n) is 8.56. The number of rotatable bonds is 6. The summed E-state index contributed by atoms with van der Waals surface area (Å²) in [5.74, 6) is -0.366. The van der Waals surface area contributed by atoms with Crippen molar-refractivity contribution < 1.29 is 18.5 Å². The first kappa shape index (κ1) is 17.8. The van der Waals surface area contributed by atoms with E-state index in [4.69, 9.17) is 21.0 Å². The Morgan fingerprint density at radius 3 is 2.93 bits per heavy atom. The second-order valence-corrected chi connectivity index (χ2v) is 6.95. The number of aryl methyl sites for hydroxylation is 1. The van der Waals surface area contributed by atoms with Crippen molar-refractivity contribution in [2.45, 2.75) is 19.8 Å². The maximum atomic E-state index is 15.1. The lowest BCUT2D eigenvalue weighted by atomic mass is 10.1. The maximum Gasteiger partial charge on any atom is 0.277 e. The molecule has 0 bridgehead atoms. The third kappa shape index (κ3) is 3.61. The lowest BCUT2D eigenvalue weighted by Crippen LogP contribution is -2.26.